The average molecular weight is 421 g/mol. The molecule has 9 nitrogen and oxygen atoms in total. The summed E-state index contributed by atoms with van der Waals surface area (Å²) in [5.74, 6) is -0.0858. The van der Waals surface area contributed by atoms with Gasteiger partial charge in [-0.15, -0.1) is 0 Å². The zero-order chi connectivity index (χ0) is 18.7. The van der Waals surface area contributed by atoms with E-state index in [2.05, 4.69) is 26.5 Å². The van der Waals surface area contributed by atoms with Gasteiger partial charge in [-0.1, -0.05) is 33.8 Å². The molecule has 1 aliphatic rings. The van der Waals surface area contributed by atoms with E-state index in [4.69, 9.17) is 9.47 Å². The Labute approximate surface area is 155 Å². The van der Waals surface area contributed by atoms with Gasteiger partial charge in [0.15, 0.2) is 11.5 Å². The number of carbonyl (C=O) groups is 1. The topological polar surface area (TPSA) is 126 Å². The van der Waals surface area contributed by atoms with Gasteiger partial charge < -0.3 is 14.6 Å². The molecule has 2 aromatic carbocycles. The first-order valence-electron chi connectivity index (χ1n) is 7.32. The van der Waals surface area contributed by atoms with Crippen LogP contribution in [0.2, 0.25) is 0 Å². The molecular formula is C16H11BrN3O6-. The molecule has 0 aliphatic carbocycles. The Morgan fingerprint density at radius 1 is 1.35 bits per heavy atom. The summed E-state index contributed by atoms with van der Waals surface area (Å²) in [5.41, 5.74) is 1.91. The lowest BCUT2D eigenvalue weighted by molar-refractivity contribution is -0.385. The van der Waals surface area contributed by atoms with Crippen molar-refractivity contribution in [2.45, 2.75) is 6.10 Å². The minimum absolute atomic E-state index is 0.00747. The normalized spacial score (nSPS) is 15.7. The van der Waals surface area contributed by atoms with E-state index < -0.39 is 22.7 Å². The highest BCUT2D eigenvalue weighted by Gasteiger charge is 2.27. The fourth-order valence-electron chi connectivity index (χ4n) is 2.19. The minimum atomic E-state index is -0.911. The van der Waals surface area contributed by atoms with Crippen LogP contribution >= 0.6 is 15.9 Å². The Bertz CT molecular complexity index is 902. The summed E-state index contributed by atoms with van der Waals surface area (Å²) in [4.78, 5) is 22.3. The van der Waals surface area contributed by atoms with Crippen LogP contribution in [0.25, 0.3) is 0 Å². The van der Waals surface area contributed by atoms with Crippen molar-refractivity contribution >= 4 is 33.7 Å². The zero-order valence-electron chi connectivity index (χ0n) is 13.0. The number of rotatable bonds is 4. The highest BCUT2D eigenvalue weighted by molar-refractivity contribution is 9.10. The molecule has 1 amide bonds. The number of benzene rings is 2. The van der Waals surface area contributed by atoms with Gasteiger partial charge in [-0.3, -0.25) is 14.9 Å². The minimum Gasteiger partial charge on any atom is -0.871 e. The third-order valence-electron chi connectivity index (χ3n) is 3.45. The number of hydrogen-bond donors (Lipinski definition) is 1. The summed E-state index contributed by atoms with van der Waals surface area (Å²) in [6.45, 7) is 0.00747. The number of para-hydroxylation sites is 2. The summed E-state index contributed by atoms with van der Waals surface area (Å²) in [7, 11) is 0. The van der Waals surface area contributed by atoms with Gasteiger partial charge in [0.2, 0.25) is 6.10 Å². The number of nitro groups is 1. The summed E-state index contributed by atoms with van der Waals surface area (Å²) < 4.78 is 11.0. The second kappa shape index (κ2) is 7.40. The van der Waals surface area contributed by atoms with Gasteiger partial charge in [0.05, 0.1) is 11.1 Å². The van der Waals surface area contributed by atoms with Crippen molar-refractivity contribution in [3.05, 3.63) is 56.5 Å². The van der Waals surface area contributed by atoms with Gasteiger partial charge >= 0.3 is 0 Å². The molecule has 0 unspecified atom stereocenters. The molecule has 1 atom stereocenters. The smallest absolute Gasteiger partial charge is 0.284 e. The maximum Gasteiger partial charge on any atom is 0.284 e. The fourth-order valence-corrected chi connectivity index (χ4v) is 2.65. The first kappa shape index (κ1) is 17.7. The van der Waals surface area contributed by atoms with Gasteiger partial charge in [0.1, 0.15) is 6.61 Å². The van der Waals surface area contributed by atoms with Crippen molar-refractivity contribution in [3.8, 4) is 17.2 Å². The van der Waals surface area contributed by atoms with Crippen molar-refractivity contribution in [3.63, 3.8) is 0 Å². The number of halogens is 1. The number of carbonyl (C=O) groups excluding carboxylic acids is 1. The summed E-state index contributed by atoms with van der Waals surface area (Å²) in [6.07, 6.45) is 0.126. The molecule has 26 heavy (non-hydrogen) atoms. The van der Waals surface area contributed by atoms with Crippen molar-refractivity contribution in [1.82, 2.24) is 5.43 Å². The van der Waals surface area contributed by atoms with Crippen LogP contribution in [-0.2, 0) is 4.79 Å². The number of non-ortho nitro benzene ring substituents is 1. The van der Waals surface area contributed by atoms with Crippen molar-refractivity contribution in [2.75, 3.05) is 6.61 Å². The Balaban J connectivity index is 1.68. The molecular weight excluding hydrogens is 410 g/mol. The van der Waals surface area contributed by atoms with Crippen LogP contribution in [0.15, 0.2) is 46.0 Å². The van der Waals surface area contributed by atoms with E-state index in [1.165, 1.54) is 0 Å². The number of amides is 1. The third kappa shape index (κ3) is 3.75. The number of nitrogens with one attached hydrogen (secondary N) is 1. The lowest BCUT2D eigenvalue weighted by atomic mass is 10.2. The number of nitrogens with zero attached hydrogens (tertiary/aromatic N) is 2. The zero-order valence-corrected chi connectivity index (χ0v) is 14.6. The molecule has 1 N–H and O–H groups in total. The summed E-state index contributed by atoms with van der Waals surface area (Å²) in [5, 5.41) is 26.5. The molecule has 0 spiro atoms. The molecule has 0 fully saturated rings. The second-order valence-electron chi connectivity index (χ2n) is 5.20. The van der Waals surface area contributed by atoms with Gasteiger partial charge in [-0.25, -0.2) is 5.43 Å². The number of hydrazone groups is 1. The van der Waals surface area contributed by atoms with Crippen LogP contribution < -0.4 is 20.0 Å². The third-order valence-corrected chi connectivity index (χ3v) is 4.04. The number of fused-ring (bicyclic) bond motifs is 1. The Morgan fingerprint density at radius 3 is 2.81 bits per heavy atom. The van der Waals surface area contributed by atoms with Gasteiger partial charge in [0, 0.05) is 16.6 Å². The maximum absolute atomic E-state index is 12.1. The van der Waals surface area contributed by atoms with E-state index in [-0.39, 0.29) is 22.3 Å². The van der Waals surface area contributed by atoms with Crippen LogP contribution in [0.1, 0.15) is 5.56 Å². The van der Waals surface area contributed by atoms with Crippen LogP contribution in [0.5, 0.6) is 17.2 Å². The quantitative estimate of drug-likeness (QED) is 0.455. The highest BCUT2D eigenvalue weighted by Crippen LogP contribution is 2.31. The summed E-state index contributed by atoms with van der Waals surface area (Å²) in [6, 6.07) is 9.09. The standard InChI is InChI=1S/C16H12BrN3O6/c17-11-6-10(20(23)24)5-9(15(11)21)7-18-19-16(22)14-8-25-12-3-1-2-4-13(12)26-14/h1-7,14,21H,8H2,(H,19,22)/p-1/b18-7-/t14-/m1/s1. The van der Waals surface area contributed by atoms with E-state index in [1.54, 1.807) is 24.3 Å². The number of ether oxygens (including phenoxy) is 2. The molecule has 3 rings (SSSR count). The fraction of sp³-hybridized carbons (Fsp3) is 0.125. The molecule has 0 saturated carbocycles. The number of hydrogen-bond acceptors (Lipinski definition) is 7. The molecule has 0 radical (unpaired) electrons. The highest BCUT2D eigenvalue weighted by atomic mass is 79.9. The Kier molecular flexibility index (Phi) is 5.03. The molecule has 10 heteroatoms. The van der Waals surface area contributed by atoms with Crippen LogP contribution in [0.3, 0.4) is 0 Å². The van der Waals surface area contributed by atoms with E-state index in [0.29, 0.717) is 11.5 Å². The van der Waals surface area contributed by atoms with Gasteiger partial charge in [0.25, 0.3) is 11.6 Å². The van der Waals surface area contributed by atoms with Crippen LogP contribution in [-0.4, -0.2) is 29.8 Å². The molecule has 0 saturated heterocycles. The molecule has 0 aromatic heterocycles. The lowest BCUT2D eigenvalue weighted by Gasteiger charge is -2.24. The molecule has 2 aromatic rings. The van der Waals surface area contributed by atoms with E-state index >= 15 is 0 Å². The van der Waals surface area contributed by atoms with E-state index in [0.717, 1.165) is 18.3 Å². The maximum atomic E-state index is 12.1. The van der Waals surface area contributed by atoms with Crippen molar-refractivity contribution in [2.24, 2.45) is 5.10 Å². The monoisotopic (exact) mass is 420 g/mol. The molecule has 1 heterocycles. The Hall–Kier alpha value is -3.14. The summed E-state index contributed by atoms with van der Waals surface area (Å²) >= 11 is 2.96. The van der Waals surface area contributed by atoms with Gasteiger partial charge in [-0.05, 0) is 17.7 Å². The predicted molar refractivity (Wildman–Crippen MR) is 92.3 cm³/mol. The van der Waals surface area contributed by atoms with Crippen LogP contribution in [0.4, 0.5) is 5.69 Å². The molecule has 1 aliphatic heterocycles. The number of nitro benzene ring substituents is 1. The van der Waals surface area contributed by atoms with E-state index in [1.807, 2.05) is 0 Å². The average Bonchev–Trinajstić information content (AvgIpc) is 2.64. The SMILES string of the molecule is O=C(N/N=C\c1cc([N+](=O)[O-])cc(Br)c1[O-])[C@H]1COc2ccccc2O1. The first-order chi connectivity index (χ1) is 12.5. The largest absolute Gasteiger partial charge is 0.871 e. The first-order valence-corrected chi connectivity index (χ1v) is 8.11. The predicted octanol–water partition coefficient (Wildman–Crippen LogP) is 1.72. The van der Waals surface area contributed by atoms with Gasteiger partial charge in [-0.2, -0.15) is 5.10 Å². The van der Waals surface area contributed by atoms with Crippen molar-refractivity contribution in [1.29, 1.82) is 0 Å². The van der Waals surface area contributed by atoms with Crippen LogP contribution in [0, 0.1) is 10.1 Å². The molecule has 0 bridgehead atoms. The second-order valence-corrected chi connectivity index (χ2v) is 6.06. The van der Waals surface area contributed by atoms with E-state index in [9.17, 15) is 20.0 Å². The Morgan fingerprint density at radius 2 is 2.08 bits per heavy atom. The van der Waals surface area contributed by atoms with Crippen molar-refractivity contribution < 1.29 is 24.3 Å². The molecule has 134 valence electrons. The lowest BCUT2D eigenvalue weighted by Crippen LogP contribution is -2.42.